The molecule has 3 heterocycles. The van der Waals surface area contributed by atoms with Crippen LogP contribution in [-0.2, 0) is 12.5 Å². The molecule has 0 aliphatic heterocycles. The van der Waals surface area contributed by atoms with Crippen molar-refractivity contribution in [1.82, 2.24) is 19.3 Å². The fraction of sp³-hybridized carbons (Fsp3) is 0.185. The van der Waals surface area contributed by atoms with Gasteiger partial charge in [0, 0.05) is 42.5 Å². The number of anilines is 2. The van der Waals surface area contributed by atoms with E-state index >= 15 is 0 Å². The van der Waals surface area contributed by atoms with Gasteiger partial charge < -0.3 is 14.5 Å². The summed E-state index contributed by atoms with van der Waals surface area (Å²) in [7, 11) is 1.57. The average molecular weight is 499 g/mol. The van der Waals surface area contributed by atoms with Crippen molar-refractivity contribution in [1.29, 1.82) is 0 Å². The van der Waals surface area contributed by atoms with E-state index in [1.165, 1.54) is 10.8 Å². The van der Waals surface area contributed by atoms with Crippen molar-refractivity contribution in [2.24, 2.45) is 7.05 Å². The number of ether oxygens (including phenoxy) is 1. The third-order valence-electron chi connectivity index (χ3n) is 5.67. The van der Waals surface area contributed by atoms with Gasteiger partial charge in [0.1, 0.15) is 11.6 Å². The molecule has 0 aliphatic carbocycles. The zero-order valence-corrected chi connectivity index (χ0v) is 20.9. The Morgan fingerprint density at radius 3 is 2.54 bits per heavy atom. The molecule has 5 rings (SSSR count). The minimum atomic E-state index is -0.532. The largest absolute Gasteiger partial charge is 0.453 e. The number of amides is 2. The van der Waals surface area contributed by atoms with E-state index in [0.717, 1.165) is 11.4 Å². The second-order valence-electron chi connectivity index (χ2n) is 9.51. The van der Waals surface area contributed by atoms with Gasteiger partial charge in [0.05, 0.1) is 11.4 Å². The number of carbonyl (C=O) groups is 1. The number of pyridine rings is 1. The maximum absolute atomic E-state index is 12.9. The third-order valence-corrected chi connectivity index (χ3v) is 5.67. The number of rotatable bonds is 5. The molecule has 10 nitrogen and oxygen atoms in total. The van der Waals surface area contributed by atoms with Crippen molar-refractivity contribution in [3.05, 3.63) is 89.2 Å². The van der Waals surface area contributed by atoms with E-state index in [1.54, 1.807) is 42.1 Å². The number of fused-ring (bicyclic) bond motifs is 1. The Kier molecular flexibility index (Phi) is 6.00. The molecule has 2 N–H and O–H groups in total. The van der Waals surface area contributed by atoms with Crippen molar-refractivity contribution < 1.29 is 13.9 Å². The molecule has 0 saturated heterocycles. The van der Waals surface area contributed by atoms with Gasteiger partial charge in [-0.15, -0.1) is 0 Å². The van der Waals surface area contributed by atoms with E-state index in [1.807, 2.05) is 36.4 Å². The Labute approximate surface area is 212 Å². The standard InChI is InChI=1S/C27H26N6O4/c1-27(2,3)21-16-22(33(31-21)18-10-6-5-7-11-18)30-25(34)29-17-9-8-12-19(15-17)36-20-13-14-28-24-23(20)37-26(35)32(24)4/h5-16H,1-4H3,(H2,29,30,34). The number of hydrogen-bond acceptors (Lipinski definition) is 6. The molecule has 0 radical (unpaired) electrons. The van der Waals surface area contributed by atoms with Gasteiger partial charge in [0.2, 0.25) is 5.58 Å². The van der Waals surface area contributed by atoms with E-state index in [4.69, 9.17) is 14.3 Å². The topological polar surface area (TPSA) is 116 Å². The molecular formula is C27H26N6O4. The van der Waals surface area contributed by atoms with Gasteiger partial charge in [0.25, 0.3) is 0 Å². The number of carbonyl (C=O) groups excluding carboxylic acids is 1. The van der Waals surface area contributed by atoms with Crippen LogP contribution >= 0.6 is 0 Å². The molecule has 2 aromatic carbocycles. The lowest BCUT2D eigenvalue weighted by atomic mass is 9.92. The highest BCUT2D eigenvalue weighted by Gasteiger charge is 2.21. The number of oxazole rings is 1. The second-order valence-corrected chi connectivity index (χ2v) is 9.51. The Balaban J connectivity index is 1.36. The molecule has 0 unspecified atom stereocenters. The van der Waals surface area contributed by atoms with Crippen molar-refractivity contribution >= 4 is 28.8 Å². The van der Waals surface area contributed by atoms with Crippen LogP contribution < -0.4 is 21.1 Å². The number of hydrogen-bond donors (Lipinski definition) is 2. The fourth-order valence-corrected chi connectivity index (χ4v) is 3.72. The summed E-state index contributed by atoms with van der Waals surface area (Å²) in [6, 6.07) is 19.5. The van der Waals surface area contributed by atoms with Gasteiger partial charge in [-0.25, -0.2) is 19.3 Å². The van der Waals surface area contributed by atoms with Gasteiger partial charge >= 0.3 is 11.8 Å². The zero-order chi connectivity index (χ0) is 26.2. The van der Waals surface area contributed by atoms with Gasteiger partial charge in [-0.2, -0.15) is 5.10 Å². The Morgan fingerprint density at radius 1 is 1.00 bits per heavy atom. The van der Waals surface area contributed by atoms with Gasteiger partial charge in [-0.05, 0) is 24.3 Å². The lowest BCUT2D eigenvalue weighted by Gasteiger charge is -2.14. The van der Waals surface area contributed by atoms with Gasteiger partial charge in [-0.3, -0.25) is 9.88 Å². The van der Waals surface area contributed by atoms with Crippen LogP contribution in [0.5, 0.6) is 11.5 Å². The molecule has 0 fully saturated rings. The predicted molar refractivity (Wildman–Crippen MR) is 141 cm³/mol. The van der Waals surface area contributed by atoms with Crippen LogP contribution in [0.3, 0.4) is 0 Å². The minimum Gasteiger partial charge on any atom is -0.453 e. The highest BCUT2D eigenvalue weighted by Crippen LogP contribution is 2.30. The van der Waals surface area contributed by atoms with Crippen LogP contribution in [0.2, 0.25) is 0 Å². The van der Waals surface area contributed by atoms with Crippen LogP contribution in [0.15, 0.2) is 82.1 Å². The lowest BCUT2D eigenvalue weighted by molar-refractivity contribution is 0.262. The molecule has 2 amide bonds. The summed E-state index contributed by atoms with van der Waals surface area (Å²) in [4.78, 5) is 29.0. The predicted octanol–water partition coefficient (Wildman–Crippen LogP) is 5.45. The van der Waals surface area contributed by atoms with Crippen molar-refractivity contribution in [3.63, 3.8) is 0 Å². The fourth-order valence-electron chi connectivity index (χ4n) is 3.72. The smallest absolute Gasteiger partial charge is 0.421 e. The monoisotopic (exact) mass is 498 g/mol. The maximum atomic E-state index is 12.9. The van der Waals surface area contributed by atoms with Crippen LogP contribution in [0.4, 0.5) is 16.3 Å². The minimum absolute atomic E-state index is 0.200. The second kappa shape index (κ2) is 9.30. The number of nitrogens with zero attached hydrogens (tertiary/aromatic N) is 4. The van der Waals surface area contributed by atoms with E-state index in [2.05, 4.69) is 36.4 Å². The van der Waals surface area contributed by atoms with Crippen molar-refractivity contribution in [3.8, 4) is 17.2 Å². The van der Waals surface area contributed by atoms with E-state index in [9.17, 15) is 9.59 Å². The highest BCUT2D eigenvalue weighted by molar-refractivity contribution is 5.99. The lowest BCUT2D eigenvalue weighted by Crippen LogP contribution is -2.21. The quantitative estimate of drug-likeness (QED) is 0.333. The van der Waals surface area contributed by atoms with Crippen LogP contribution in [0.25, 0.3) is 16.9 Å². The summed E-state index contributed by atoms with van der Waals surface area (Å²) in [5.74, 6) is 0.793. The van der Waals surface area contributed by atoms with Crippen LogP contribution in [0, 0.1) is 0 Å². The Bertz CT molecular complexity index is 1640. The summed E-state index contributed by atoms with van der Waals surface area (Å²) >= 11 is 0. The number of nitrogens with one attached hydrogen (secondary N) is 2. The molecule has 0 bridgehead atoms. The molecule has 0 aliphatic rings. The molecule has 0 saturated carbocycles. The number of benzene rings is 2. The highest BCUT2D eigenvalue weighted by atomic mass is 16.5. The number of para-hydroxylation sites is 1. The Hall–Kier alpha value is -4.86. The van der Waals surface area contributed by atoms with Crippen molar-refractivity contribution in [2.45, 2.75) is 26.2 Å². The summed E-state index contributed by atoms with van der Waals surface area (Å²) in [6.45, 7) is 6.20. The zero-order valence-electron chi connectivity index (χ0n) is 20.9. The van der Waals surface area contributed by atoms with E-state index in [-0.39, 0.29) is 11.0 Å². The molecule has 5 aromatic rings. The molecule has 0 spiro atoms. The summed E-state index contributed by atoms with van der Waals surface area (Å²) in [5.41, 5.74) is 2.61. The molecule has 188 valence electrons. The summed E-state index contributed by atoms with van der Waals surface area (Å²) < 4.78 is 14.2. The molecule has 0 atom stereocenters. The maximum Gasteiger partial charge on any atom is 0.421 e. The van der Waals surface area contributed by atoms with Gasteiger partial charge in [0.15, 0.2) is 11.4 Å². The van der Waals surface area contributed by atoms with Crippen LogP contribution in [0.1, 0.15) is 26.5 Å². The van der Waals surface area contributed by atoms with Crippen LogP contribution in [-0.4, -0.2) is 25.4 Å². The first-order chi connectivity index (χ1) is 17.7. The average Bonchev–Trinajstić information content (AvgIpc) is 3.41. The third kappa shape index (κ3) is 4.94. The molecule has 10 heteroatoms. The van der Waals surface area contributed by atoms with Gasteiger partial charge in [-0.1, -0.05) is 45.0 Å². The SMILES string of the molecule is Cn1c(=O)oc2c(Oc3cccc(NC(=O)Nc4cc(C(C)(C)C)nn4-c4ccccc4)c3)ccnc21. The van der Waals surface area contributed by atoms with E-state index < -0.39 is 11.8 Å². The molecule has 37 heavy (non-hydrogen) atoms. The normalized spacial score (nSPS) is 11.5. The first-order valence-corrected chi connectivity index (χ1v) is 11.7. The summed E-state index contributed by atoms with van der Waals surface area (Å²) in [5, 5.41) is 10.5. The molecule has 3 aromatic heterocycles. The number of urea groups is 1. The molecular weight excluding hydrogens is 472 g/mol. The first kappa shape index (κ1) is 23.9. The van der Waals surface area contributed by atoms with Crippen molar-refractivity contribution in [2.75, 3.05) is 10.6 Å². The first-order valence-electron chi connectivity index (χ1n) is 11.7. The van der Waals surface area contributed by atoms with E-state index in [0.29, 0.717) is 28.7 Å². The summed E-state index contributed by atoms with van der Waals surface area (Å²) in [6.07, 6.45) is 1.53. The Morgan fingerprint density at radius 2 is 1.78 bits per heavy atom. The number of aryl methyl sites for hydroxylation is 1. The number of aromatic nitrogens is 4.